The van der Waals surface area contributed by atoms with Gasteiger partial charge in [0.1, 0.15) is 13.2 Å². The summed E-state index contributed by atoms with van der Waals surface area (Å²) in [6.07, 6.45) is 0. The molecule has 1 aliphatic heterocycles. The Kier molecular flexibility index (Phi) is 4.52. The average molecular weight is 413 g/mol. The molecule has 0 amide bonds. The normalized spacial score (nSPS) is 14.8. The van der Waals surface area contributed by atoms with Crippen LogP contribution < -0.4 is 14.8 Å². The fourth-order valence-electron chi connectivity index (χ4n) is 2.48. The highest BCUT2D eigenvalue weighted by Gasteiger charge is 2.19. The van der Waals surface area contributed by atoms with E-state index in [2.05, 4.69) is 55.4 Å². The first kappa shape index (κ1) is 14.9. The van der Waals surface area contributed by atoms with E-state index >= 15 is 0 Å². The van der Waals surface area contributed by atoms with Gasteiger partial charge >= 0.3 is 0 Å². The number of nitrogens with one attached hydrogen (secondary N) is 1. The summed E-state index contributed by atoms with van der Waals surface area (Å²) in [5, 5.41) is 3.36. The highest BCUT2D eigenvalue weighted by molar-refractivity contribution is 9.11. The number of ether oxygens (including phenoxy) is 2. The van der Waals surface area contributed by atoms with Gasteiger partial charge in [-0.05, 0) is 42.4 Å². The van der Waals surface area contributed by atoms with Crippen molar-refractivity contribution in [2.45, 2.75) is 6.04 Å². The Bertz CT molecular complexity index is 661. The molecule has 0 saturated carbocycles. The Morgan fingerprint density at radius 1 is 1.00 bits per heavy atom. The lowest BCUT2D eigenvalue weighted by atomic mass is 9.98. The Hall–Kier alpha value is -1.04. The standard InChI is InChI=1S/C16H15Br2NO2/c1-19-16(12-4-3-11(17)9-13(12)18)10-2-5-14-15(8-10)21-7-6-20-14/h2-5,8-9,16,19H,6-7H2,1H3. The first-order chi connectivity index (χ1) is 10.2. The van der Waals surface area contributed by atoms with Gasteiger partial charge in [0.25, 0.3) is 0 Å². The molecule has 110 valence electrons. The molecule has 0 saturated heterocycles. The van der Waals surface area contributed by atoms with Gasteiger partial charge in [-0.1, -0.05) is 44.0 Å². The fourth-order valence-corrected chi connectivity index (χ4v) is 3.75. The second-order valence-electron chi connectivity index (χ2n) is 4.79. The molecular weight excluding hydrogens is 398 g/mol. The molecule has 3 rings (SSSR count). The van der Waals surface area contributed by atoms with Gasteiger partial charge in [-0.2, -0.15) is 0 Å². The lowest BCUT2D eigenvalue weighted by molar-refractivity contribution is 0.171. The zero-order valence-corrected chi connectivity index (χ0v) is 14.7. The number of benzene rings is 2. The summed E-state index contributed by atoms with van der Waals surface area (Å²) in [5.41, 5.74) is 2.32. The molecule has 2 aromatic carbocycles. The van der Waals surface area contributed by atoms with Crippen LogP contribution in [0.5, 0.6) is 11.5 Å². The van der Waals surface area contributed by atoms with E-state index < -0.39 is 0 Å². The molecule has 1 aliphatic rings. The van der Waals surface area contributed by atoms with Gasteiger partial charge in [0, 0.05) is 8.95 Å². The number of rotatable bonds is 3. The van der Waals surface area contributed by atoms with Crippen molar-refractivity contribution in [2.24, 2.45) is 0 Å². The highest BCUT2D eigenvalue weighted by atomic mass is 79.9. The average Bonchev–Trinajstić information content (AvgIpc) is 2.50. The first-order valence-electron chi connectivity index (χ1n) is 6.71. The van der Waals surface area contributed by atoms with Crippen molar-refractivity contribution >= 4 is 31.9 Å². The molecule has 2 aromatic rings. The van der Waals surface area contributed by atoms with Crippen molar-refractivity contribution in [2.75, 3.05) is 20.3 Å². The second-order valence-corrected chi connectivity index (χ2v) is 6.56. The molecule has 0 aromatic heterocycles. The maximum absolute atomic E-state index is 5.67. The number of hydrogen-bond donors (Lipinski definition) is 1. The van der Waals surface area contributed by atoms with Gasteiger partial charge in [0.2, 0.25) is 0 Å². The third-order valence-electron chi connectivity index (χ3n) is 3.46. The SMILES string of the molecule is CNC(c1ccc2c(c1)OCCO2)c1ccc(Br)cc1Br. The monoisotopic (exact) mass is 411 g/mol. The Balaban J connectivity index is 1.99. The van der Waals surface area contributed by atoms with Crippen molar-refractivity contribution in [3.63, 3.8) is 0 Å². The van der Waals surface area contributed by atoms with Gasteiger partial charge in [-0.15, -0.1) is 0 Å². The van der Waals surface area contributed by atoms with E-state index in [0.717, 1.165) is 26.0 Å². The minimum atomic E-state index is 0.0864. The summed E-state index contributed by atoms with van der Waals surface area (Å²) in [6, 6.07) is 12.4. The molecule has 21 heavy (non-hydrogen) atoms. The van der Waals surface area contributed by atoms with Crippen molar-refractivity contribution in [1.82, 2.24) is 5.32 Å². The van der Waals surface area contributed by atoms with Crippen LogP contribution in [0.3, 0.4) is 0 Å². The maximum Gasteiger partial charge on any atom is 0.161 e. The fraction of sp³-hybridized carbons (Fsp3) is 0.250. The molecule has 1 unspecified atom stereocenters. The number of hydrogen-bond acceptors (Lipinski definition) is 3. The van der Waals surface area contributed by atoms with Crippen LogP contribution in [0.15, 0.2) is 45.3 Å². The number of halogens is 2. The van der Waals surface area contributed by atoms with Crippen LogP contribution in [-0.2, 0) is 0 Å². The number of fused-ring (bicyclic) bond motifs is 1. The summed E-state index contributed by atoms with van der Waals surface area (Å²) in [4.78, 5) is 0. The predicted molar refractivity (Wildman–Crippen MR) is 90.2 cm³/mol. The molecule has 1 atom stereocenters. The Labute approximate surface area is 140 Å². The quantitative estimate of drug-likeness (QED) is 0.815. The molecule has 0 radical (unpaired) electrons. The van der Waals surface area contributed by atoms with E-state index in [1.807, 2.05) is 25.2 Å². The van der Waals surface area contributed by atoms with Crippen LogP contribution in [-0.4, -0.2) is 20.3 Å². The van der Waals surface area contributed by atoms with Crippen LogP contribution in [0.2, 0.25) is 0 Å². The van der Waals surface area contributed by atoms with Crippen LogP contribution in [0.25, 0.3) is 0 Å². The van der Waals surface area contributed by atoms with Gasteiger partial charge in [-0.25, -0.2) is 0 Å². The lowest BCUT2D eigenvalue weighted by Gasteiger charge is -2.23. The van der Waals surface area contributed by atoms with Crippen LogP contribution in [0.4, 0.5) is 0 Å². The molecule has 0 bridgehead atoms. The highest BCUT2D eigenvalue weighted by Crippen LogP contribution is 2.36. The largest absolute Gasteiger partial charge is 0.486 e. The van der Waals surface area contributed by atoms with Crippen LogP contribution in [0.1, 0.15) is 17.2 Å². The smallest absolute Gasteiger partial charge is 0.161 e. The zero-order chi connectivity index (χ0) is 14.8. The van der Waals surface area contributed by atoms with Gasteiger partial charge in [0.15, 0.2) is 11.5 Å². The molecule has 0 spiro atoms. The van der Waals surface area contributed by atoms with E-state index in [1.54, 1.807) is 0 Å². The molecule has 5 heteroatoms. The third kappa shape index (κ3) is 3.10. The van der Waals surface area contributed by atoms with Crippen molar-refractivity contribution in [3.8, 4) is 11.5 Å². The summed E-state index contributed by atoms with van der Waals surface area (Å²) in [6.45, 7) is 1.21. The molecule has 0 fully saturated rings. The van der Waals surface area contributed by atoms with Crippen molar-refractivity contribution in [1.29, 1.82) is 0 Å². The summed E-state index contributed by atoms with van der Waals surface area (Å²) >= 11 is 7.12. The molecule has 1 N–H and O–H groups in total. The van der Waals surface area contributed by atoms with Gasteiger partial charge in [0.05, 0.1) is 6.04 Å². The Morgan fingerprint density at radius 2 is 1.76 bits per heavy atom. The van der Waals surface area contributed by atoms with E-state index in [0.29, 0.717) is 13.2 Å². The van der Waals surface area contributed by atoms with Crippen molar-refractivity contribution in [3.05, 3.63) is 56.5 Å². The van der Waals surface area contributed by atoms with E-state index in [-0.39, 0.29) is 6.04 Å². The third-order valence-corrected chi connectivity index (χ3v) is 4.64. The molecule has 1 heterocycles. The van der Waals surface area contributed by atoms with E-state index in [4.69, 9.17) is 9.47 Å². The van der Waals surface area contributed by atoms with Crippen LogP contribution in [0, 0.1) is 0 Å². The minimum absolute atomic E-state index is 0.0864. The molecule has 3 nitrogen and oxygen atoms in total. The summed E-state index contributed by atoms with van der Waals surface area (Å²) in [7, 11) is 1.95. The zero-order valence-electron chi connectivity index (χ0n) is 11.5. The minimum Gasteiger partial charge on any atom is -0.486 e. The molecular formula is C16H15Br2NO2. The van der Waals surface area contributed by atoms with Gasteiger partial charge in [-0.3, -0.25) is 0 Å². The van der Waals surface area contributed by atoms with E-state index in [9.17, 15) is 0 Å². The van der Waals surface area contributed by atoms with Gasteiger partial charge < -0.3 is 14.8 Å². The Morgan fingerprint density at radius 3 is 2.48 bits per heavy atom. The summed E-state index contributed by atoms with van der Waals surface area (Å²) in [5.74, 6) is 1.63. The van der Waals surface area contributed by atoms with Crippen molar-refractivity contribution < 1.29 is 9.47 Å². The lowest BCUT2D eigenvalue weighted by Crippen LogP contribution is -2.20. The predicted octanol–water partition coefficient (Wildman–Crippen LogP) is 4.29. The van der Waals surface area contributed by atoms with Crippen LogP contribution >= 0.6 is 31.9 Å². The summed E-state index contributed by atoms with van der Waals surface area (Å²) < 4.78 is 13.4. The maximum atomic E-state index is 5.67. The second kappa shape index (κ2) is 6.38. The molecule has 0 aliphatic carbocycles. The van der Waals surface area contributed by atoms with E-state index in [1.165, 1.54) is 5.56 Å². The first-order valence-corrected chi connectivity index (χ1v) is 8.29. The topological polar surface area (TPSA) is 30.5 Å².